The van der Waals surface area contributed by atoms with E-state index >= 15 is 0 Å². The molecule has 1 aromatic carbocycles. The van der Waals surface area contributed by atoms with Crippen molar-refractivity contribution in [3.05, 3.63) is 33.0 Å². The fourth-order valence-electron chi connectivity index (χ4n) is 1.36. The summed E-state index contributed by atoms with van der Waals surface area (Å²) in [5.74, 6) is -0.664. The first kappa shape index (κ1) is 13.9. The summed E-state index contributed by atoms with van der Waals surface area (Å²) in [4.78, 5) is 0. The van der Waals surface area contributed by atoms with Gasteiger partial charge in [0.25, 0.3) is 0 Å². The average molecular weight is 313 g/mol. The highest BCUT2D eigenvalue weighted by molar-refractivity contribution is 9.10. The van der Waals surface area contributed by atoms with Crippen molar-refractivity contribution in [2.45, 2.75) is 18.6 Å². The van der Waals surface area contributed by atoms with Crippen molar-refractivity contribution in [1.29, 1.82) is 0 Å². The van der Waals surface area contributed by atoms with Crippen molar-refractivity contribution in [3.8, 4) is 0 Å². The molecule has 1 rings (SSSR count). The standard InChI is InChI=1S/C10H12BrClFNO2/c11-6-3-5(12)4-7(13)9(6)10(16)8(15)1-2-14/h3-4,8,10,15-16H,1-2,14H2. The van der Waals surface area contributed by atoms with E-state index in [1.54, 1.807) is 0 Å². The highest BCUT2D eigenvalue weighted by Crippen LogP contribution is 2.31. The maximum Gasteiger partial charge on any atom is 0.131 e. The third kappa shape index (κ3) is 3.15. The van der Waals surface area contributed by atoms with Crippen LogP contribution in [0.25, 0.3) is 0 Å². The molecule has 0 spiro atoms. The van der Waals surface area contributed by atoms with Gasteiger partial charge in [0.2, 0.25) is 0 Å². The molecule has 0 saturated carbocycles. The summed E-state index contributed by atoms with van der Waals surface area (Å²) in [6.45, 7) is 0.213. The summed E-state index contributed by atoms with van der Waals surface area (Å²) in [5, 5.41) is 19.5. The molecule has 0 fully saturated rings. The van der Waals surface area contributed by atoms with Crippen molar-refractivity contribution in [3.63, 3.8) is 0 Å². The normalized spacial score (nSPS) is 14.9. The number of aliphatic hydroxyl groups is 2. The van der Waals surface area contributed by atoms with Gasteiger partial charge in [0.15, 0.2) is 0 Å². The Bertz CT molecular complexity index is 355. The highest BCUT2D eigenvalue weighted by atomic mass is 79.9. The van der Waals surface area contributed by atoms with Gasteiger partial charge in [0, 0.05) is 15.1 Å². The van der Waals surface area contributed by atoms with Crippen LogP contribution in [-0.4, -0.2) is 22.9 Å². The molecule has 0 amide bonds. The number of benzene rings is 1. The van der Waals surface area contributed by atoms with Gasteiger partial charge in [-0.05, 0) is 25.1 Å². The Morgan fingerprint density at radius 2 is 2.06 bits per heavy atom. The summed E-state index contributed by atoms with van der Waals surface area (Å²) >= 11 is 8.72. The maximum atomic E-state index is 13.5. The first-order valence-corrected chi connectivity index (χ1v) is 5.85. The molecule has 0 aliphatic carbocycles. The Balaban J connectivity index is 3.03. The van der Waals surface area contributed by atoms with E-state index < -0.39 is 18.0 Å². The van der Waals surface area contributed by atoms with Crippen molar-refractivity contribution in [2.24, 2.45) is 5.73 Å². The highest BCUT2D eigenvalue weighted by Gasteiger charge is 2.23. The lowest BCUT2D eigenvalue weighted by atomic mass is 10.0. The molecule has 16 heavy (non-hydrogen) atoms. The molecule has 1 aromatic rings. The molecule has 0 radical (unpaired) electrons. The minimum atomic E-state index is -1.32. The Kier molecular flexibility index (Phi) is 5.14. The monoisotopic (exact) mass is 311 g/mol. The van der Waals surface area contributed by atoms with E-state index in [-0.39, 0.29) is 23.6 Å². The zero-order valence-electron chi connectivity index (χ0n) is 8.33. The number of nitrogens with two attached hydrogens (primary N) is 1. The van der Waals surface area contributed by atoms with Crippen LogP contribution in [0.1, 0.15) is 18.1 Å². The topological polar surface area (TPSA) is 66.5 Å². The number of hydrogen-bond acceptors (Lipinski definition) is 3. The average Bonchev–Trinajstić information content (AvgIpc) is 2.16. The van der Waals surface area contributed by atoms with E-state index in [0.29, 0.717) is 4.47 Å². The largest absolute Gasteiger partial charge is 0.390 e. The molecule has 0 aliphatic rings. The molecule has 0 saturated heterocycles. The summed E-state index contributed by atoms with van der Waals surface area (Å²) in [7, 11) is 0. The van der Waals surface area contributed by atoms with Gasteiger partial charge in [-0.2, -0.15) is 0 Å². The minimum Gasteiger partial charge on any atom is -0.390 e. The van der Waals surface area contributed by atoms with E-state index in [9.17, 15) is 14.6 Å². The summed E-state index contributed by atoms with van der Waals surface area (Å²) in [5.41, 5.74) is 5.24. The quantitative estimate of drug-likeness (QED) is 0.796. The Morgan fingerprint density at radius 3 is 2.56 bits per heavy atom. The molecule has 0 bridgehead atoms. The lowest BCUT2D eigenvalue weighted by molar-refractivity contribution is 0.0125. The second-order valence-corrected chi connectivity index (χ2v) is 4.66. The molecule has 3 nitrogen and oxygen atoms in total. The molecule has 0 heterocycles. The molecule has 90 valence electrons. The van der Waals surface area contributed by atoms with Crippen LogP contribution >= 0.6 is 27.5 Å². The Labute approximate surface area is 106 Å². The van der Waals surface area contributed by atoms with E-state index in [0.717, 1.165) is 6.07 Å². The summed E-state index contributed by atoms with van der Waals surface area (Å²) < 4.78 is 13.9. The van der Waals surface area contributed by atoms with E-state index in [1.807, 2.05) is 0 Å². The summed E-state index contributed by atoms with van der Waals surface area (Å²) in [6, 6.07) is 2.54. The lowest BCUT2D eigenvalue weighted by Gasteiger charge is -2.19. The molecule has 6 heteroatoms. The van der Waals surface area contributed by atoms with Crippen LogP contribution in [0.4, 0.5) is 4.39 Å². The van der Waals surface area contributed by atoms with Gasteiger partial charge in [-0.3, -0.25) is 0 Å². The third-order valence-corrected chi connectivity index (χ3v) is 3.04. The Morgan fingerprint density at radius 1 is 1.44 bits per heavy atom. The van der Waals surface area contributed by atoms with Crippen molar-refractivity contribution in [2.75, 3.05) is 6.54 Å². The van der Waals surface area contributed by atoms with E-state index in [1.165, 1.54) is 6.07 Å². The van der Waals surface area contributed by atoms with Crippen LogP contribution in [0.2, 0.25) is 5.02 Å². The van der Waals surface area contributed by atoms with Crippen molar-refractivity contribution in [1.82, 2.24) is 0 Å². The second-order valence-electron chi connectivity index (χ2n) is 3.37. The van der Waals surface area contributed by atoms with E-state index in [4.69, 9.17) is 17.3 Å². The van der Waals surface area contributed by atoms with Crippen LogP contribution in [0.15, 0.2) is 16.6 Å². The van der Waals surface area contributed by atoms with Crippen LogP contribution in [-0.2, 0) is 0 Å². The van der Waals surface area contributed by atoms with Gasteiger partial charge < -0.3 is 15.9 Å². The number of aliphatic hydroxyl groups excluding tert-OH is 2. The van der Waals surface area contributed by atoms with Crippen LogP contribution < -0.4 is 5.73 Å². The van der Waals surface area contributed by atoms with Crippen LogP contribution in [0.3, 0.4) is 0 Å². The lowest BCUT2D eigenvalue weighted by Crippen LogP contribution is -2.23. The van der Waals surface area contributed by atoms with Gasteiger partial charge in [0.05, 0.1) is 6.10 Å². The predicted molar refractivity (Wildman–Crippen MR) is 63.7 cm³/mol. The van der Waals surface area contributed by atoms with Gasteiger partial charge >= 0.3 is 0 Å². The predicted octanol–water partition coefficient (Wildman–Crippen LogP) is 1.98. The minimum absolute atomic E-state index is 0.00894. The SMILES string of the molecule is NCCC(O)C(O)c1c(F)cc(Cl)cc1Br. The molecular weight excluding hydrogens is 300 g/mol. The number of rotatable bonds is 4. The van der Waals surface area contributed by atoms with Crippen LogP contribution in [0, 0.1) is 5.82 Å². The zero-order valence-corrected chi connectivity index (χ0v) is 10.7. The van der Waals surface area contributed by atoms with Crippen LogP contribution in [0.5, 0.6) is 0 Å². The number of hydrogen-bond donors (Lipinski definition) is 3. The van der Waals surface area contributed by atoms with Crippen molar-refractivity contribution >= 4 is 27.5 Å². The molecule has 0 aliphatic heterocycles. The summed E-state index contributed by atoms with van der Waals surface area (Å²) in [6.07, 6.45) is -2.23. The van der Waals surface area contributed by atoms with Gasteiger partial charge in [-0.15, -0.1) is 0 Å². The smallest absolute Gasteiger partial charge is 0.131 e. The maximum absolute atomic E-state index is 13.5. The van der Waals surface area contributed by atoms with E-state index in [2.05, 4.69) is 15.9 Å². The van der Waals surface area contributed by atoms with Crippen molar-refractivity contribution < 1.29 is 14.6 Å². The molecule has 2 atom stereocenters. The number of halogens is 3. The first-order chi connectivity index (χ1) is 7.47. The van der Waals surface area contributed by atoms with Gasteiger partial charge in [0.1, 0.15) is 11.9 Å². The fourth-order valence-corrected chi connectivity index (χ4v) is 2.36. The molecule has 0 aromatic heterocycles. The third-order valence-electron chi connectivity index (χ3n) is 2.17. The first-order valence-electron chi connectivity index (χ1n) is 4.68. The second kappa shape index (κ2) is 5.93. The van der Waals surface area contributed by atoms with Gasteiger partial charge in [-0.1, -0.05) is 27.5 Å². The molecule has 2 unspecified atom stereocenters. The molecular formula is C10H12BrClFNO2. The Hall–Kier alpha value is -0.200. The van der Waals surface area contributed by atoms with Gasteiger partial charge in [-0.25, -0.2) is 4.39 Å². The fraction of sp³-hybridized carbons (Fsp3) is 0.400. The molecule has 4 N–H and O–H groups in total. The zero-order chi connectivity index (χ0) is 12.3.